The second-order valence-electron chi connectivity index (χ2n) is 8.01. The Morgan fingerprint density at radius 3 is 2.67 bits per heavy atom. The van der Waals surface area contributed by atoms with Crippen LogP contribution in [0.15, 0.2) is 23.8 Å². The summed E-state index contributed by atoms with van der Waals surface area (Å²) in [4.78, 5) is 2.61. The largest absolute Gasteiger partial charge is 0.454 e. The van der Waals surface area contributed by atoms with Gasteiger partial charge in [-0.05, 0) is 42.5 Å². The van der Waals surface area contributed by atoms with Crippen LogP contribution in [0.4, 0.5) is 0 Å². The van der Waals surface area contributed by atoms with E-state index in [1.165, 1.54) is 16.7 Å². The molecule has 4 aliphatic rings. The topological polar surface area (TPSA) is 40.2 Å². The van der Waals surface area contributed by atoms with E-state index in [1.807, 2.05) is 0 Å². The molecule has 0 N–H and O–H groups in total. The summed E-state index contributed by atoms with van der Waals surface area (Å²) in [6.45, 7) is 8.28. The van der Waals surface area contributed by atoms with Crippen LogP contribution >= 0.6 is 0 Å². The van der Waals surface area contributed by atoms with Gasteiger partial charge in [0, 0.05) is 38.3 Å². The summed E-state index contributed by atoms with van der Waals surface area (Å²) >= 11 is 0. The van der Waals surface area contributed by atoms with E-state index in [2.05, 4.69) is 37.0 Å². The lowest BCUT2D eigenvalue weighted by Crippen LogP contribution is -2.51. The molecule has 0 aromatic heterocycles. The minimum absolute atomic E-state index is 0.0315. The van der Waals surface area contributed by atoms with Gasteiger partial charge in [0.25, 0.3) is 0 Å². The van der Waals surface area contributed by atoms with Gasteiger partial charge >= 0.3 is 0 Å². The summed E-state index contributed by atoms with van der Waals surface area (Å²) in [5.41, 5.74) is 4.24. The predicted molar refractivity (Wildman–Crippen MR) is 102 cm³/mol. The third-order valence-corrected chi connectivity index (χ3v) is 6.25. The molecule has 1 aromatic carbocycles. The van der Waals surface area contributed by atoms with Crippen LogP contribution in [-0.2, 0) is 16.0 Å². The van der Waals surface area contributed by atoms with E-state index in [0.29, 0.717) is 18.8 Å². The molecule has 0 radical (unpaired) electrons. The fraction of sp³-hybridized carbons (Fsp3) is 0.636. The summed E-state index contributed by atoms with van der Waals surface area (Å²) in [7, 11) is 0. The van der Waals surface area contributed by atoms with Gasteiger partial charge in [0.15, 0.2) is 11.5 Å². The van der Waals surface area contributed by atoms with Gasteiger partial charge in [0.2, 0.25) is 6.79 Å². The lowest BCUT2D eigenvalue weighted by Gasteiger charge is -2.46. The molecule has 5 nitrogen and oxygen atoms in total. The van der Waals surface area contributed by atoms with Crippen LogP contribution in [0.25, 0.3) is 0 Å². The molecule has 0 bridgehead atoms. The second kappa shape index (κ2) is 7.12. The molecule has 4 atom stereocenters. The lowest BCUT2D eigenvalue weighted by molar-refractivity contribution is -0.0807. The van der Waals surface area contributed by atoms with E-state index in [4.69, 9.17) is 18.9 Å². The van der Waals surface area contributed by atoms with Gasteiger partial charge in [-0.1, -0.05) is 25.5 Å². The molecule has 146 valence electrons. The molecule has 0 unspecified atom stereocenters. The van der Waals surface area contributed by atoms with Gasteiger partial charge in [-0.2, -0.15) is 0 Å². The van der Waals surface area contributed by atoms with E-state index in [-0.39, 0.29) is 12.2 Å². The van der Waals surface area contributed by atoms with Crippen molar-refractivity contribution in [3.8, 4) is 11.5 Å². The molecule has 1 saturated heterocycles. The van der Waals surface area contributed by atoms with E-state index < -0.39 is 0 Å². The van der Waals surface area contributed by atoms with Crippen LogP contribution in [0.5, 0.6) is 11.5 Å². The number of nitrogens with zero attached hydrogens (tertiary/aromatic N) is 1. The Kier molecular flexibility index (Phi) is 4.62. The standard InChI is InChI=1S/C22H29NO4/c1-3-7-24-19-9-14-5-6-23-12-15-10-17-18(27-13-26-17)11-16(15)20(21(14)23)22(19)25-8-4-2/h9-11,19-22H,3-8,12-13H2,1-2H3/t19-,20-,21+,22+/m0/s1. The Bertz CT molecular complexity index is 746. The molecule has 5 rings (SSSR count). The van der Waals surface area contributed by atoms with Crippen molar-refractivity contribution in [2.45, 2.75) is 63.8 Å². The normalized spacial score (nSPS) is 30.8. The number of ether oxygens (including phenoxy) is 4. The fourth-order valence-electron chi connectivity index (χ4n) is 5.16. The first kappa shape index (κ1) is 17.5. The number of fused-ring (bicyclic) bond motifs is 3. The van der Waals surface area contributed by atoms with Crippen LogP contribution in [0, 0.1) is 0 Å². The first-order valence-corrected chi connectivity index (χ1v) is 10.4. The molecule has 0 saturated carbocycles. The third-order valence-electron chi connectivity index (χ3n) is 6.25. The second-order valence-corrected chi connectivity index (χ2v) is 8.01. The van der Waals surface area contributed by atoms with Crippen molar-refractivity contribution >= 4 is 0 Å². The molecule has 0 amide bonds. The zero-order chi connectivity index (χ0) is 18.4. The molecule has 1 fully saturated rings. The van der Waals surface area contributed by atoms with Gasteiger partial charge in [0.1, 0.15) is 6.10 Å². The van der Waals surface area contributed by atoms with Gasteiger partial charge in [-0.15, -0.1) is 0 Å². The molecule has 1 aromatic rings. The summed E-state index contributed by atoms with van der Waals surface area (Å²) in [5, 5.41) is 0. The van der Waals surface area contributed by atoms with Crippen LogP contribution < -0.4 is 9.47 Å². The fourth-order valence-corrected chi connectivity index (χ4v) is 5.16. The van der Waals surface area contributed by atoms with Crippen molar-refractivity contribution in [2.75, 3.05) is 26.6 Å². The average Bonchev–Trinajstić information content (AvgIpc) is 3.30. The molecular weight excluding hydrogens is 342 g/mol. The quantitative estimate of drug-likeness (QED) is 0.715. The summed E-state index contributed by atoms with van der Waals surface area (Å²) < 4.78 is 24.1. The first-order valence-electron chi connectivity index (χ1n) is 10.4. The Morgan fingerprint density at radius 1 is 1.07 bits per heavy atom. The van der Waals surface area contributed by atoms with E-state index in [9.17, 15) is 0 Å². The Hall–Kier alpha value is -1.56. The summed E-state index contributed by atoms with van der Waals surface area (Å²) in [6.07, 6.45) is 5.62. The van der Waals surface area contributed by atoms with Crippen LogP contribution in [-0.4, -0.2) is 49.7 Å². The third kappa shape index (κ3) is 2.87. The highest BCUT2D eigenvalue weighted by Crippen LogP contribution is 2.50. The zero-order valence-electron chi connectivity index (χ0n) is 16.3. The molecule has 27 heavy (non-hydrogen) atoms. The van der Waals surface area contributed by atoms with Gasteiger partial charge < -0.3 is 18.9 Å². The van der Waals surface area contributed by atoms with Crippen LogP contribution in [0.3, 0.4) is 0 Å². The highest BCUT2D eigenvalue weighted by Gasteiger charge is 2.50. The first-order chi connectivity index (χ1) is 13.3. The van der Waals surface area contributed by atoms with Crippen LogP contribution in [0.2, 0.25) is 0 Å². The van der Waals surface area contributed by atoms with Gasteiger partial charge in [-0.25, -0.2) is 0 Å². The van der Waals surface area contributed by atoms with E-state index >= 15 is 0 Å². The Balaban J connectivity index is 1.58. The number of hydrogen-bond donors (Lipinski definition) is 0. The monoisotopic (exact) mass is 371 g/mol. The zero-order valence-corrected chi connectivity index (χ0v) is 16.3. The maximum Gasteiger partial charge on any atom is 0.231 e. The minimum Gasteiger partial charge on any atom is -0.454 e. The Labute approximate surface area is 161 Å². The highest BCUT2D eigenvalue weighted by atomic mass is 16.7. The molecule has 0 spiro atoms. The predicted octanol–water partition coefficient (Wildman–Crippen LogP) is 3.62. The number of benzene rings is 1. The lowest BCUT2D eigenvalue weighted by atomic mass is 9.73. The average molecular weight is 371 g/mol. The summed E-state index contributed by atoms with van der Waals surface area (Å²) in [5.74, 6) is 2.04. The van der Waals surface area contributed by atoms with E-state index in [0.717, 1.165) is 57.1 Å². The maximum absolute atomic E-state index is 6.44. The minimum atomic E-state index is 0.0315. The smallest absolute Gasteiger partial charge is 0.231 e. The highest BCUT2D eigenvalue weighted by molar-refractivity contribution is 5.53. The van der Waals surface area contributed by atoms with Gasteiger partial charge in [0.05, 0.1) is 6.10 Å². The van der Waals surface area contributed by atoms with Crippen molar-refractivity contribution < 1.29 is 18.9 Å². The van der Waals surface area contributed by atoms with E-state index in [1.54, 1.807) is 0 Å². The molecule has 5 heteroatoms. The molecular formula is C22H29NO4. The van der Waals surface area contributed by atoms with Gasteiger partial charge in [-0.3, -0.25) is 4.90 Å². The molecule has 3 aliphatic heterocycles. The SMILES string of the molecule is CCCO[C@H]1[C@H]2c3cc4c(cc3CN3CCC(=C[C@@H]1OCCC)[C@H]23)OCO4. The van der Waals surface area contributed by atoms with Crippen molar-refractivity contribution in [3.63, 3.8) is 0 Å². The van der Waals surface area contributed by atoms with Crippen LogP contribution in [0.1, 0.15) is 50.2 Å². The van der Waals surface area contributed by atoms with Crippen molar-refractivity contribution in [2.24, 2.45) is 0 Å². The Morgan fingerprint density at radius 2 is 1.85 bits per heavy atom. The molecule has 3 heterocycles. The molecule has 1 aliphatic carbocycles. The van der Waals surface area contributed by atoms with Crippen molar-refractivity contribution in [1.82, 2.24) is 4.90 Å². The number of hydrogen-bond acceptors (Lipinski definition) is 5. The number of rotatable bonds is 6. The van der Waals surface area contributed by atoms with Crippen molar-refractivity contribution in [1.29, 1.82) is 0 Å². The summed E-state index contributed by atoms with van der Waals surface area (Å²) in [6, 6.07) is 4.82. The maximum atomic E-state index is 6.44. The van der Waals surface area contributed by atoms with Crippen molar-refractivity contribution in [3.05, 3.63) is 34.9 Å².